The van der Waals surface area contributed by atoms with Crippen LogP contribution in [0.3, 0.4) is 0 Å². The molecule has 0 heterocycles. The van der Waals surface area contributed by atoms with Crippen molar-refractivity contribution in [2.75, 3.05) is 7.11 Å². The lowest BCUT2D eigenvalue weighted by atomic mass is 9.99. The van der Waals surface area contributed by atoms with Crippen molar-refractivity contribution in [1.82, 2.24) is 0 Å². The van der Waals surface area contributed by atoms with Crippen LogP contribution in [0.2, 0.25) is 5.02 Å². The Labute approximate surface area is 101 Å². The predicted molar refractivity (Wildman–Crippen MR) is 64.9 cm³/mol. The van der Waals surface area contributed by atoms with Gasteiger partial charge in [0, 0.05) is 0 Å². The number of hydrogen-bond acceptors (Lipinski definition) is 2. The third kappa shape index (κ3) is 2.04. The van der Waals surface area contributed by atoms with Crippen LogP contribution in [-0.2, 0) is 0 Å². The number of benzene rings is 1. The molecule has 1 saturated carbocycles. The fourth-order valence-corrected chi connectivity index (χ4v) is 2.42. The first-order chi connectivity index (χ1) is 7.45. The van der Waals surface area contributed by atoms with E-state index < -0.39 is 6.10 Å². The Morgan fingerprint density at radius 1 is 1.50 bits per heavy atom. The number of rotatable bonds is 3. The molecule has 0 bridgehead atoms. The minimum atomic E-state index is -0.464. The average Bonchev–Trinajstić information content (AvgIpc) is 2.86. The Balaban J connectivity index is 2.21. The van der Waals surface area contributed by atoms with E-state index in [1.54, 1.807) is 13.2 Å². The molecule has 0 aliphatic heterocycles. The fourth-order valence-electron chi connectivity index (χ4n) is 2.14. The first-order valence-corrected chi connectivity index (χ1v) is 5.85. The number of methoxy groups -OCH3 is 1. The maximum absolute atomic E-state index is 10.2. The molecular weight excluding hydrogens is 224 g/mol. The van der Waals surface area contributed by atoms with Crippen molar-refractivity contribution >= 4 is 11.6 Å². The lowest BCUT2D eigenvalue weighted by Crippen LogP contribution is -2.05. The van der Waals surface area contributed by atoms with Gasteiger partial charge < -0.3 is 9.84 Å². The monoisotopic (exact) mass is 240 g/mol. The van der Waals surface area contributed by atoms with Crippen molar-refractivity contribution in [1.29, 1.82) is 0 Å². The van der Waals surface area contributed by atoms with E-state index in [1.165, 1.54) is 0 Å². The topological polar surface area (TPSA) is 29.5 Å². The van der Waals surface area contributed by atoms with Crippen LogP contribution in [0.4, 0.5) is 0 Å². The van der Waals surface area contributed by atoms with Gasteiger partial charge in [-0.3, -0.25) is 0 Å². The van der Waals surface area contributed by atoms with Gasteiger partial charge in [0.15, 0.2) is 0 Å². The van der Waals surface area contributed by atoms with Gasteiger partial charge in [-0.1, -0.05) is 31.5 Å². The summed E-state index contributed by atoms with van der Waals surface area (Å²) in [4.78, 5) is 0. The molecular formula is C13H17ClO2. The number of hydrogen-bond donors (Lipinski definition) is 1. The lowest BCUT2D eigenvalue weighted by molar-refractivity contribution is 0.138. The molecule has 1 aromatic rings. The third-order valence-corrected chi connectivity index (χ3v) is 3.82. The summed E-state index contributed by atoms with van der Waals surface area (Å²) >= 11 is 6.13. The van der Waals surface area contributed by atoms with Gasteiger partial charge in [0.05, 0.1) is 18.2 Å². The molecule has 1 aliphatic rings. The Morgan fingerprint density at radius 2 is 2.12 bits per heavy atom. The average molecular weight is 241 g/mol. The van der Waals surface area contributed by atoms with Gasteiger partial charge >= 0.3 is 0 Å². The molecule has 1 aliphatic carbocycles. The summed E-state index contributed by atoms with van der Waals surface area (Å²) in [5.74, 6) is 1.04. The smallest absolute Gasteiger partial charge is 0.120 e. The van der Waals surface area contributed by atoms with Crippen LogP contribution in [0.1, 0.15) is 31.9 Å². The molecule has 16 heavy (non-hydrogen) atoms. The second-order valence-electron chi connectivity index (χ2n) is 5.13. The third-order valence-electron chi connectivity index (χ3n) is 3.50. The van der Waals surface area contributed by atoms with Crippen LogP contribution in [-0.4, -0.2) is 12.2 Å². The zero-order chi connectivity index (χ0) is 11.9. The standard InChI is InChI=1S/C13H17ClO2/c1-13(2)7-10(13)12(15)9-5-4-8(16-3)6-11(9)14/h4-6,10,12,15H,7H2,1-3H3. The molecule has 88 valence electrons. The second-order valence-corrected chi connectivity index (χ2v) is 5.54. The Morgan fingerprint density at radius 3 is 2.56 bits per heavy atom. The Kier molecular flexibility index (Phi) is 2.89. The second kappa shape index (κ2) is 3.94. The van der Waals surface area contributed by atoms with E-state index in [4.69, 9.17) is 16.3 Å². The van der Waals surface area contributed by atoms with Crippen molar-refractivity contribution < 1.29 is 9.84 Å². The normalized spacial score (nSPS) is 23.9. The van der Waals surface area contributed by atoms with Gasteiger partial charge in [-0.25, -0.2) is 0 Å². The fraction of sp³-hybridized carbons (Fsp3) is 0.538. The van der Waals surface area contributed by atoms with Crippen molar-refractivity contribution in [3.05, 3.63) is 28.8 Å². The van der Waals surface area contributed by atoms with Crippen molar-refractivity contribution in [3.63, 3.8) is 0 Å². The highest BCUT2D eigenvalue weighted by atomic mass is 35.5. The molecule has 2 unspecified atom stereocenters. The highest BCUT2D eigenvalue weighted by Gasteiger charge is 2.50. The van der Waals surface area contributed by atoms with Crippen molar-refractivity contribution in [2.45, 2.75) is 26.4 Å². The van der Waals surface area contributed by atoms with Crippen LogP contribution in [0.25, 0.3) is 0 Å². The van der Waals surface area contributed by atoms with E-state index in [0.29, 0.717) is 10.9 Å². The molecule has 2 nitrogen and oxygen atoms in total. The van der Waals surface area contributed by atoms with E-state index >= 15 is 0 Å². The Bertz CT molecular complexity index is 401. The maximum Gasteiger partial charge on any atom is 0.120 e. The van der Waals surface area contributed by atoms with Crippen LogP contribution in [0.15, 0.2) is 18.2 Å². The molecule has 0 amide bonds. The highest BCUT2D eigenvalue weighted by Crippen LogP contribution is 2.58. The molecule has 1 fully saturated rings. The van der Waals surface area contributed by atoms with E-state index in [0.717, 1.165) is 17.7 Å². The SMILES string of the molecule is COc1ccc(C(O)C2CC2(C)C)c(Cl)c1. The molecule has 1 aromatic carbocycles. The summed E-state index contributed by atoms with van der Waals surface area (Å²) in [6.07, 6.45) is 0.588. The maximum atomic E-state index is 10.2. The minimum Gasteiger partial charge on any atom is -0.497 e. The van der Waals surface area contributed by atoms with Crippen molar-refractivity contribution in [3.8, 4) is 5.75 Å². The van der Waals surface area contributed by atoms with Gasteiger partial charge in [-0.15, -0.1) is 0 Å². The summed E-state index contributed by atoms with van der Waals surface area (Å²) < 4.78 is 5.08. The van der Waals surface area contributed by atoms with E-state index in [-0.39, 0.29) is 5.41 Å². The number of ether oxygens (including phenoxy) is 1. The summed E-state index contributed by atoms with van der Waals surface area (Å²) in [5, 5.41) is 10.8. The molecule has 3 heteroatoms. The van der Waals surface area contributed by atoms with E-state index in [2.05, 4.69) is 13.8 Å². The molecule has 0 saturated heterocycles. The molecule has 2 rings (SSSR count). The van der Waals surface area contributed by atoms with Gasteiger partial charge in [0.2, 0.25) is 0 Å². The largest absolute Gasteiger partial charge is 0.497 e. The minimum absolute atomic E-state index is 0.239. The van der Waals surface area contributed by atoms with Crippen LogP contribution >= 0.6 is 11.6 Å². The first-order valence-electron chi connectivity index (χ1n) is 5.47. The van der Waals surface area contributed by atoms with Crippen LogP contribution < -0.4 is 4.74 Å². The number of aliphatic hydroxyl groups is 1. The summed E-state index contributed by atoms with van der Waals surface area (Å²) in [7, 11) is 1.60. The van der Waals surface area contributed by atoms with Crippen LogP contribution in [0, 0.1) is 11.3 Å². The highest BCUT2D eigenvalue weighted by molar-refractivity contribution is 6.31. The number of aliphatic hydroxyl groups excluding tert-OH is 1. The zero-order valence-electron chi connectivity index (χ0n) is 9.83. The quantitative estimate of drug-likeness (QED) is 0.877. The lowest BCUT2D eigenvalue weighted by Gasteiger charge is -2.15. The summed E-state index contributed by atoms with van der Waals surface area (Å²) in [6.45, 7) is 4.33. The summed E-state index contributed by atoms with van der Waals surface area (Å²) in [5.41, 5.74) is 1.04. The first kappa shape index (κ1) is 11.7. The molecule has 0 spiro atoms. The van der Waals surface area contributed by atoms with E-state index in [1.807, 2.05) is 12.1 Å². The molecule has 1 N–H and O–H groups in total. The predicted octanol–water partition coefficient (Wildman–Crippen LogP) is 3.43. The van der Waals surface area contributed by atoms with Gasteiger partial charge in [0.1, 0.15) is 5.75 Å². The molecule has 2 atom stereocenters. The zero-order valence-corrected chi connectivity index (χ0v) is 10.6. The van der Waals surface area contributed by atoms with Gasteiger partial charge in [-0.2, -0.15) is 0 Å². The van der Waals surface area contributed by atoms with Crippen LogP contribution in [0.5, 0.6) is 5.75 Å². The Hall–Kier alpha value is -0.730. The molecule has 0 aromatic heterocycles. The van der Waals surface area contributed by atoms with E-state index in [9.17, 15) is 5.11 Å². The molecule has 0 radical (unpaired) electrons. The number of halogens is 1. The van der Waals surface area contributed by atoms with Crippen molar-refractivity contribution in [2.24, 2.45) is 11.3 Å². The summed E-state index contributed by atoms with van der Waals surface area (Å²) in [6, 6.07) is 5.43. The van der Waals surface area contributed by atoms with Gasteiger partial charge in [-0.05, 0) is 35.4 Å². The van der Waals surface area contributed by atoms with Gasteiger partial charge in [0.25, 0.3) is 0 Å².